The van der Waals surface area contributed by atoms with Crippen molar-refractivity contribution in [2.75, 3.05) is 19.6 Å². The molecule has 2 N–H and O–H groups in total. The quantitative estimate of drug-likeness (QED) is 0.810. The molecule has 1 aliphatic carbocycles. The summed E-state index contributed by atoms with van der Waals surface area (Å²) in [4.78, 5) is 36.9. The number of nitrogens with zero attached hydrogens (tertiary/aromatic N) is 1. The van der Waals surface area contributed by atoms with Crippen molar-refractivity contribution in [2.45, 2.75) is 44.9 Å². The predicted octanol–water partition coefficient (Wildman–Crippen LogP) is 1.01. The van der Waals surface area contributed by atoms with E-state index in [1.807, 2.05) is 0 Å². The average Bonchev–Trinajstić information content (AvgIpc) is 2.53. The van der Waals surface area contributed by atoms with Gasteiger partial charge in [-0.05, 0) is 38.5 Å². The van der Waals surface area contributed by atoms with E-state index in [0.29, 0.717) is 19.3 Å². The smallest absolute Gasteiger partial charge is 0.306 e. The second kappa shape index (κ2) is 7.43. The zero-order chi connectivity index (χ0) is 15.2. The van der Waals surface area contributed by atoms with Crippen LogP contribution in [-0.2, 0) is 14.4 Å². The average molecular weight is 296 g/mol. The van der Waals surface area contributed by atoms with E-state index in [2.05, 4.69) is 5.32 Å². The van der Waals surface area contributed by atoms with Crippen molar-refractivity contribution in [3.05, 3.63) is 0 Å². The minimum Gasteiger partial charge on any atom is -0.481 e. The molecule has 2 atom stereocenters. The third kappa shape index (κ3) is 4.44. The first-order valence-electron chi connectivity index (χ1n) is 7.86. The predicted molar refractivity (Wildman–Crippen MR) is 76.5 cm³/mol. The van der Waals surface area contributed by atoms with Gasteiger partial charge in [0, 0.05) is 19.0 Å². The molecule has 6 nitrogen and oxygen atoms in total. The highest BCUT2D eigenvalue weighted by molar-refractivity contribution is 5.86. The fraction of sp³-hybridized carbons (Fsp3) is 0.800. The number of likely N-dealkylation sites (tertiary alicyclic amines) is 1. The third-order valence-electron chi connectivity index (χ3n) is 4.52. The minimum atomic E-state index is -0.822. The third-order valence-corrected chi connectivity index (χ3v) is 4.52. The summed E-state index contributed by atoms with van der Waals surface area (Å²) in [6.45, 7) is 1.59. The molecule has 1 saturated carbocycles. The number of carboxylic acids is 1. The highest BCUT2D eigenvalue weighted by Gasteiger charge is 2.31. The summed E-state index contributed by atoms with van der Waals surface area (Å²) in [6.07, 6.45) is 5.73. The van der Waals surface area contributed by atoms with Gasteiger partial charge in [0.15, 0.2) is 0 Å². The van der Waals surface area contributed by atoms with Crippen LogP contribution in [0.5, 0.6) is 0 Å². The molecule has 0 aromatic carbocycles. The SMILES string of the molecule is O=C(O)C1CCCC(C(=O)NCC(=O)N2CCCCC2)C1. The number of amides is 2. The van der Waals surface area contributed by atoms with E-state index in [4.69, 9.17) is 5.11 Å². The lowest BCUT2D eigenvalue weighted by Gasteiger charge is -2.28. The van der Waals surface area contributed by atoms with Crippen LogP contribution in [-0.4, -0.2) is 47.4 Å². The summed E-state index contributed by atoms with van der Waals surface area (Å²) < 4.78 is 0. The Morgan fingerprint density at radius 3 is 2.33 bits per heavy atom. The fourth-order valence-corrected chi connectivity index (χ4v) is 3.21. The van der Waals surface area contributed by atoms with Gasteiger partial charge in [-0.3, -0.25) is 14.4 Å². The largest absolute Gasteiger partial charge is 0.481 e. The minimum absolute atomic E-state index is 0.0337. The van der Waals surface area contributed by atoms with Crippen molar-refractivity contribution in [1.29, 1.82) is 0 Å². The first kappa shape index (κ1) is 15.8. The molecule has 2 fully saturated rings. The van der Waals surface area contributed by atoms with E-state index in [0.717, 1.165) is 38.8 Å². The van der Waals surface area contributed by atoms with Crippen molar-refractivity contribution < 1.29 is 19.5 Å². The molecule has 0 aromatic heterocycles. The Hall–Kier alpha value is -1.59. The molecule has 1 saturated heterocycles. The van der Waals surface area contributed by atoms with E-state index < -0.39 is 11.9 Å². The molecule has 6 heteroatoms. The molecule has 2 rings (SSSR count). The summed E-state index contributed by atoms with van der Waals surface area (Å²) in [5, 5.41) is 11.7. The van der Waals surface area contributed by atoms with Crippen LogP contribution in [0.15, 0.2) is 0 Å². The van der Waals surface area contributed by atoms with Gasteiger partial charge in [0.25, 0.3) is 0 Å². The number of carboxylic acid groups (broad SMARTS) is 1. The van der Waals surface area contributed by atoms with E-state index in [1.54, 1.807) is 4.90 Å². The molecular weight excluding hydrogens is 272 g/mol. The monoisotopic (exact) mass is 296 g/mol. The number of carbonyl (C=O) groups excluding carboxylic acids is 2. The van der Waals surface area contributed by atoms with Crippen LogP contribution in [0.2, 0.25) is 0 Å². The molecule has 0 aromatic rings. The maximum Gasteiger partial charge on any atom is 0.306 e. The molecule has 2 aliphatic rings. The van der Waals surface area contributed by atoms with Crippen LogP contribution in [0.1, 0.15) is 44.9 Å². The van der Waals surface area contributed by atoms with E-state index in [9.17, 15) is 14.4 Å². The Morgan fingerprint density at radius 1 is 1.00 bits per heavy atom. The Bertz CT molecular complexity index is 404. The van der Waals surface area contributed by atoms with E-state index in [1.165, 1.54) is 0 Å². The molecule has 0 spiro atoms. The van der Waals surface area contributed by atoms with Crippen LogP contribution >= 0.6 is 0 Å². The Labute approximate surface area is 124 Å². The van der Waals surface area contributed by atoms with Crippen molar-refractivity contribution in [3.63, 3.8) is 0 Å². The van der Waals surface area contributed by atoms with E-state index in [-0.39, 0.29) is 24.3 Å². The zero-order valence-corrected chi connectivity index (χ0v) is 12.3. The molecular formula is C15H24N2O4. The molecule has 0 bridgehead atoms. The van der Waals surface area contributed by atoms with Gasteiger partial charge < -0.3 is 15.3 Å². The van der Waals surface area contributed by atoms with Crippen LogP contribution in [0.25, 0.3) is 0 Å². The molecule has 118 valence electrons. The normalized spacial score (nSPS) is 26.2. The first-order chi connectivity index (χ1) is 10.1. The second-order valence-corrected chi connectivity index (χ2v) is 6.06. The standard InChI is InChI=1S/C15H24N2O4/c18-13(17-7-2-1-3-8-17)10-16-14(19)11-5-4-6-12(9-11)15(20)21/h11-12H,1-10H2,(H,16,19)(H,20,21). The van der Waals surface area contributed by atoms with Gasteiger partial charge >= 0.3 is 5.97 Å². The van der Waals surface area contributed by atoms with Gasteiger partial charge in [-0.2, -0.15) is 0 Å². The zero-order valence-electron chi connectivity index (χ0n) is 12.3. The highest BCUT2D eigenvalue weighted by atomic mass is 16.4. The lowest BCUT2D eigenvalue weighted by Crippen LogP contribution is -2.44. The number of aliphatic carboxylic acids is 1. The summed E-state index contributed by atoms with van der Waals surface area (Å²) in [6, 6.07) is 0. The van der Waals surface area contributed by atoms with Gasteiger partial charge in [-0.15, -0.1) is 0 Å². The maximum absolute atomic E-state index is 12.1. The summed E-state index contributed by atoms with van der Waals surface area (Å²) in [5.74, 6) is -1.72. The van der Waals surface area contributed by atoms with Crippen LogP contribution in [0.4, 0.5) is 0 Å². The van der Waals surface area contributed by atoms with Gasteiger partial charge in [0.1, 0.15) is 0 Å². The van der Waals surface area contributed by atoms with Crippen LogP contribution < -0.4 is 5.32 Å². The van der Waals surface area contributed by atoms with Crippen molar-refractivity contribution in [3.8, 4) is 0 Å². The second-order valence-electron chi connectivity index (χ2n) is 6.06. The number of hydrogen-bond acceptors (Lipinski definition) is 3. The Kier molecular flexibility index (Phi) is 5.59. The summed E-state index contributed by atoms with van der Waals surface area (Å²) >= 11 is 0. The van der Waals surface area contributed by atoms with Crippen LogP contribution in [0, 0.1) is 11.8 Å². The molecule has 2 unspecified atom stereocenters. The lowest BCUT2D eigenvalue weighted by atomic mass is 9.81. The van der Waals surface area contributed by atoms with Gasteiger partial charge in [-0.1, -0.05) is 6.42 Å². The molecule has 21 heavy (non-hydrogen) atoms. The Balaban J connectivity index is 1.75. The Morgan fingerprint density at radius 2 is 1.67 bits per heavy atom. The van der Waals surface area contributed by atoms with E-state index >= 15 is 0 Å². The van der Waals surface area contributed by atoms with Crippen LogP contribution in [0.3, 0.4) is 0 Å². The number of hydrogen-bond donors (Lipinski definition) is 2. The molecule has 1 heterocycles. The molecule has 0 radical (unpaired) electrons. The summed E-state index contributed by atoms with van der Waals surface area (Å²) in [5.41, 5.74) is 0. The van der Waals surface area contributed by atoms with Crippen molar-refractivity contribution >= 4 is 17.8 Å². The van der Waals surface area contributed by atoms with Gasteiger partial charge in [0.05, 0.1) is 12.5 Å². The number of piperidine rings is 1. The summed E-state index contributed by atoms with van der Waals surface area (Å²) in [7, 11) is 0. The first-order valence-corrected chi connectivity index (χ1v) is 7.86. The maximum atomic E-state index is 12.1. The molecule has 1 aliphatic heterocycles. The van der Waals surface area contributed by atoms with Gasteiger partial charge in [-0.25, -0.2) is 0 Å². The molecule has 2 amide bonds. The number of rotatable bonds is 4. The number of carbonyl (C=O) groups is 3. The number of nitrogens with one attached hydrogen (secondary N) is 1. The van der Waals surface area contributed by atoms with Crippen molar-refractivity contribution in [1.82, 2.24) is 10.2 Å². The highest BCUT2D eigenvalue weighted by Crippen LogP contribution is 2.29. The van der Waals surface area contributed by atoms with Gasteiger partial charge in [0.2, 0.25) is 11.8 Å². The van der Waals surface area contributed by atoms with Crippen molar-refractivity contribution in [2.24, 2.45) is 11.8 Å². The lowest BCUT2D eigenvalue weighted by molar-refractivity contribution is -0.144. The fourth-order valence-electron chi connectivity index (χ4n) is 3.21. The topological polar surface area (TPSA) is 86.7 Å².